The number of carbonyl (C=O) groups excluding carboxylic acids is 4. The van der Waals surface area contributed by atoms with Gasteiger partial charge in [0.25, 0.3) is 17.5 Å². The van der Waals surface area contributed by atoms with Crippen molar-refractivity contribution >= 4 is 41.3 Å². The van der Waals surface area contributed by atoms with Crippen LogP contribution in [0.1, 0.15) is 57.8 Å². The van der Waals surface area contributed by atoms with Crippen molar-refractivity contribution in [3.05, 3.63) is 29.8 Å². The molecule has 0 aromatic heterocycles. The maximum atomic E-state index is 13.2. The highest BCUT2D eigenvalue weighted by molar-refractivity contribution is 5.94. The summed E-state index contributed by atoms with van der Waals surface area (Å²) < 4.78 is 34.4. The topological polar surface area (TPSA) is 525 Å². The Kier molecular flexibility index (Phi) is 26.5. The number of nitrogens with one attached hydrogen (secondary N) is 5. The molecule has 20 N–H and O–H groups in total. The average Bonchev–Trinajstić information content (AvgIpc) is 3.60. The van der Waals surface area contributed by atoms with Crippen LogP contribution >= 0.6 is 0 Å². The first-order chi connectivity index (χ1) is 38.5. The van der Waals surface area contributed by atoms with Crippen LogP contribution in [0, 0.1) is 0 Å². The molecule has 3 aliphatic heterocycles. The molecule has 1 aromatic rings. The Morgan fingerprint density at radius 3 is 1.70 bits per heavy atom. The van der Waals surface area contributed by atoms with Crippen molar-refractivity contribution in [2.45, 2.75) is 175 Å². The normalized spacial score (nSPS) is 31.5. The lowest BCUT2D eigenvalue weighted by atomic mass is 9.88. The van der Waals surface area contributed by atoms with Gasteiger partial charge in [-0.15, -0.1) is 0 Å². The van der Waals surface area contributed by atoms with Crippen LogP contribution in [0.4, 0.5) is 5.69 Å². The Hall–Kier alpha value is -4.96. The van der Waals surface area contributed by atoms with Gasteiger partial charge in [-0.25, -0.2) is 9.59 Å². The Labute approximate surface area is 469 Å². The van der Waals surface area contributed by atoms with E-state index < -0.39 is 209 Å². The fourth-order valence-corrected chi connectivity index (χ4v) is 9.60. The first-order valence-corrected chi connectivity index (χ1v) is 26.3. The molecule has 0 unspecified atom stereocenters. The van der Waals surface area contributed by atoms with Crippen LogP contribution in [-0.4, -0.2) is 304 Å². The number of hydrogen-bond acceptors (Lipinski definition) is 27. The Morgan fingerprint density at radius 2 is 1.23 bits per heavy atom. The number of amides is 4. The van der Waals surface area contributed by atoms with Crippen LogP contribution in [0.3, 0.4) is 0 Å². The molecule has 21 atom stereocenters. The second-order valence-electron chi connectivity index (χ2n) is 20.1. The standard InChI is InChI=1S/C49H80N6O27/c1-6-55(7-2)13-12-50-44(72)24-8-10-25(11-9-24)51-16-26(52-21(3)59)40(37(69)31(66)20-77-48(46(73)74)14-27(62)33(53-22(4)60)41(80-48)35(67)29(64)17-56)79-45-39(71)43(38(70)32(19-58)78-45)82-49(47(75)76)15-28(63)34(54-23(5)61)42(81-49)36(68)30(65)18-57/h8-11,26-43,45,51,56-58,62-71H,6-7,12-20H2,1-5H3,(H,50,72)(H,52,59)(H,53,60)(H,54,61)(H,73,74)(H,75,76)/t26-,27-,28-,29+,30+,31+,32+,33+,34+,35-,36+,37-,38-,39+,40+,41+,42+,43-,45-,48+,49-/m0/s1. The highest BCUT2D eigenvalue weighted by Crippen LogP contribution is 2.39. The molecule has 0 radical (unpaired) electrons. The van der Waals surface area contributed by atoms with Crippen molar-refractivity contribution in [2.75, 3.05) is 64.5 Å². The summed E-state index contributed by atoms with van der Waals surface area (Å²) in [6.45, 7) is 4.11. The molecule has 4 amide bonds. The number of benzene rings is 1. The van der Waals surface area contributed by atoms with Gasteiger partial charge < -0.3 is 137 Å². The molecule has 4 rings (SSSR count). The number of hydrogen-bond donors (Lipinski definition) is 20. The minimum Gasteiger partial charge on any atom is -0.477 e. The molecule has 1 aromatic carbocycles. The third-order valence-electron chi connectivity index (χ3n) is 14.1. The van der Waals surface area contributed by atoms with Crippen LogP contribution in [-0.2, 0) is 52.4 Å². The summed E-state index contributed by atoms with van der Waals surface area (Å²) in [4.78, 5) is 78.4. The van der Waals surface area contributed by atoms with Crippen molar-refractivity contribution in [1.82, 2.24) is 26.2 Å². The molecule has 82 heavy (non-hydrogen) atoms. The summed E-state index contributed by atoms with van der Waals surface area (Å²) in [7, 11) is 0. The van der Waals surface area contributed by atoms with Crippen LogP contribution in [0.25, 0.3) is 0 Å². The largest absolute Gasteiger partial charge is 0.477 e. The molecule has 33 heteroatoms. The highest BCUT2D eigenvalue weighted by Gasteiger charge is 2.61. The van der Waals surface area contributed by atoms with Crippen molar-refractivity contribution < 1.29 is 134 Å². The number of aliphatic hydroxyl groups excluding tert-OH is 13. The number of likely N-dealkylation sites (N-methyl/N-ethyl adjacent to an activating group) is 1. The second kappa shape index (κ2) is 31.3. The molecular weight excluding hydrogens is 1100 g/mol. The zero-order valence-corrected chi connectivity index (χ0v) is 45.6. The van der Waals surface area contributed by atoms with E-state index in [2.05, 4.69) is 31.5 Å². The van der Waals surface area contributed by atoms with E-state index >= 15 is 0 Å². The van der Waals surface area contributed by atoms with Crippen molar-refractivity contribution in [2.24, 2.45) is 0 Å². The van der Waals surface area contributed by atoms with Gasteiger partial charge in [0.2, 0.25) is 17.7 Å². The number of anilines is 1. The van der Waals surface area contributed by atoms with E-state index in [1.54, 1.807) is 0 Å². The van der Waals surface area contributed by atoms with Gasteiger partial charge >= 0.3 is 11.9 Å². The maximum absolute atomic E-state index is 13.2. The summed E-state index contributed by atoms with van der Waals surface area (Å²) in [6, 6.07) is 0.847. The molecule has 0 aliphatic carbocycles. The van der Waals surface area contributed by atoms with Gasteiger partial charge in [-0.05, 0) is 37.4 Å². The van der Waals surface area contributed by atoms with Gasteiger partial charge in [0, 0.05) is 64.5 Å². The summed E-state index contributed by atoms with van der Waals surface area (Å²) in [6.07, 6.45) is -37.4. The zero-order chi connectivity index (χ0) is 61.6. The number of carboxylic acids is 2. The molecule has 3 saturated heterocycles. The van der Waals surface area contributed by atoms with Gasteiger partial charge in [-0.2, -0.15) is 0 Å². The van der Waals surface area contributed by atoms with Crippen molar-refractivity contribution in [1.29, 1.82) is 0 Å². The Morgan fingerprint density at radius 1 is 0.720 bits per heavy atom. The molecule has 0 bridgehead atoms. The maximum Gasteiger partial charge on any atom is 0.364 e. The van der Waals surface area contributed by atoms with E-state index in [1.165, 1.54) is 24.3 Å². The number of carboxylic acid groups (broad SMARTS) is 2. The molecule has 3 aliphatic rings. The molecular formula is C49H80N6O27. The zero-order valence-electron chi connectivity index (χ0n) is 45.6. The monoisotopic (exact) mass is 1180 g/mol. The fourth-order valence-electron chi connectivity index (χ4n) is 9.60. The summed E-state index contributed by atoms with van der Waals surface area (Å²) >= 11 is 0. The van der Waals surface area contributed by atoms with E-state index in [0.717, 1.165) is 33.9 Å². The first kappa shape index (κ1) is 69.5. The van der Waals surface area contributed by atoms with Crippen LogP contribution in [0.2, 0.25) is 0 Å². The lowest BCUT2D eigenvalue weighted by Crippen LogP contribution is -2.70. The number of carbonyl (C=O) groups is 6. The van der Waals surface area contributed by atoms with Gasteiger partial charge in [-0.1, -0.05) is 13.8 Å². The number of aliphatic carboxylic acids is 2. The van der Waals surface area contributed by atoms with E-state index in [9.17, 15) is 105 Å². The lowest BCUT2D eigenvalue weighted by Gasteiger charge is -2.50. The van der Waals surface area contributed by atoms with Gasteiger partial charge in [-0.3, -0.25) is 19.2 Å². The SMILES string of the molecule is CCN(CC)CCNC(=O)c1ccc(NC[C@H](NC(C)=O)[C@@H](O[C@@H]2O[C@H](CO)[C@H](O)[C@H](O[C@]3(C(=O)O)C[C@H](O)[C@@H](NC(C)=O)[C@H]([C@H](O)[C@H](O)CO)O3)[C@H]2O)[C@@H](O)[C@H](O)CO[C@]2(C(=O)O)C[C@H](O)[C@@H](NC(C)=O)[C@H]([C@@H](O)[C@H](O)CO)O2)cc1. The number of aliphatic hydroxyl groups is 13. The predicted octanol–water partition coefficient (Wildman–Crippen LogP) is -9.08. The van der Waals surface area contributed by atoms with Crippen LogP contribution < -0.4 is 26.6 Å². The van der Waals surface area contributed by atoms with Gasteiger partial charge in [0.15, 0.2) is 6.29 Å². The summed E-state index contributed by atoms with van der Waals surface area (Å²) in [5, 5.41) is 176. The Bertz CT molecular complexity index is 2240. The fraction of sp³-hybridized carbons (Fsp3) is 0.755. The molecule has 0 spiro atoms. The van der Waals surface area contributed by atoms with Crippen molar-refractivity contribution in [3.8, 4) is 0 Å². The molecule has 0 saturated carbocycles. The summed E-state index contributed by atoms with van der Waals surface area (Å²) in [5.41, 5.74) is 0.507. The van der Waals surface area contributed by atoms with E-state index in [-0.39, 0.29) is 11.3 Å². The third kappa shape index (κ3) is 17.6. The lowest BCUT2D eigenvalue weighted by molar-refractivity contribution is -0.375. The number of rotatable bonds is 31. The summed E-state index contributed by atoms with van der Waals surface area (Å²) in [5.74, 6) is -13.4. The quantitative estimate of drug-likeness (QED) is 0.0328. The highest BCUT2D eigenvalue weighted by atomic mass is 16.8. The van der Waals surface area contributed by atoms with Crippen molar-refractivity contribution in [3.63, 3.8) is 0 Å². The smallest absolute Gasteiger partial charge is 0.364 e. The molecule has 33 nitrogen and oxygen atoms in total. The second-order valence-corrected chi connectivity index (χ2v) is 20.1. The molecule has 468 valence electrons. The van der Waals surface area contributed by atoms with E-state index in [4.69, 9.17) is 28.4 Å². The molecule has 3 heterocycles. The van der Waals surface area contributed by atoms with E-state index in [1.807, 2.05) is 13.8 Å². The average molecular weight is 1190 g/mol. The third-order valence-corrected chi connectivity index (χ3v) is 14.1. The van der Waals surface area contributed by atoms with Crippen LogP contribution in [0.15, 0.2) is 24.3 Å². The van der Waals surface area contributed by atoms with E-state index in [0.29, 0.717) is 13.1 Å². The van der Waals surface area contributed by atoms with Gasteiger partial charge in [0.1, 0.15) is 79.4 Å². The molecule has 3 fully saturated rings. The van der Waals surface area contributed by atoms with Crippen LogP contribution in [0.5, 0.6) is 0 Å². The Balaban J connectivity index is 1.77. The number of ether oxygens (including phenoxy) is 6. The predicted molar refractivity (Wildman–Crippen MR) is 273 cm³/mol. The first-order valence-electron chi connectivity index (χ1n) is 26.3. The number of nitrogens with zero attached hydrogens (tertiary/aromatic N) is 1. The van der Waals surface area contributed by atoms with Gasteiger partial charge in [0.05, 0.1) is 56.8 Å². The minimum absolute atomic E-state index is 0.244. The minimum atomic E-state index is -3.25.